The van der Waals surface area contributed by atoms with Gasteiger partial charge in [0.2, 0.25) is 0 Å². The minimum Gasteiger partial charge on any atom is -0.376 e. The van der Waals surface area contributed by atoms with E-state index in [9.17, 15) is 0 Å². The molecule has 2 heterocycles. The van der Waals surface area contributed by atoms with Gasteiger partial charge in [-0.1, -0.05) is 73.4 Å². The largest absolute Gasteiger partial charge is 0.376 e. The number of piperidine rings is 1. The van der Waals surface area contributed by atoms with Gasteiger partial charge in [0.05, 0.1) is 11.7 Å². The average Bonchev–Trinajstić information content (AvgIpc) is 2.84. The molecule has 2 aromatic rings. The fourth-order valence-electron chi connectivity index (χ4n) is 4.54. The topological polar surface area (TPSA) is 28.2 Å². The van der Waals surface area contributed by atoms with Crippen molar-refractivity contribution in [2.45, 2.75) is 45.6 Å². The minimum atomic E-state index is 0.0269. The first-order valence-corrected chi connectivity index (χ1v) is 12.2. The Labute approximate surface area is 200 Å². The zero-order valence-corrected chi connectivity index (χ0v) is 20.3. The molecule has 0 bridgehead atoms. The van der Waals surface area contributed by atoms with Crippen LogP contribution in [0.15, 0.2) is 97.4 Å². The Hall–Kier alpha value is -2.91. The van der Waals surface area contributed by atoms with Crippen LogP contribution in [0.5, 0.6) is 0 Å². The van der Waals surface area contributed by atoms with E-state index in [1.54, 1.807) is 0 Å². The van der Waals surface area contributed by atoms with Gasteiger partial charge in [0.25, 0.3) is 0 Å². The van der Waals surface area contributed by atoms with E-state index in [-0.39, 0.29) is 6.04 Å². The summed E-state index contributed by atoms with van der Waals surface area (Å²) in [6, 6.07) is 14.9. The highest BCUT2D eigenvalue weighted by molar-refractivity contribution is 5.31. The summed E-state index contributed by atoms with van der Waals surface area (Å²) in [6.45, 7) is 15.9. The van der Waals surface area contributed by atoms with Gasteiger partial charge >= 0.3 is 0 Å². The number of aryl methyl sites for hydroxylation is 1. The molecule has 1 aliphatic rings. The van der Waals surface area contributed by atoms with E-state index < -0.39 is 0 Å². The minimum absolute atomic E-state index is 0.0269. The normalized spacial score (nSPS) is 16.6. The molecule has 1 N–H and O–H groups in total. The molecule has 1 saturated heterocycles. The first-order valence-electron chi connectivity index (χ1n) is 12.2. The molecular formula is C30H39N3. The zero-order chi connectivity index (χ0) is 23.5. The first kappa shape index (κ1) is 24.7. The smallest absolute Gasteiger partial charge is 0.0937 e. The summed E-state index contributed by atoms with van der Waals surface area (Å²) < 4.78 is 0. The van der Waals surface area contributed by atoms with Crippen molar-refractivity contribution in [2.75, 3.05) is 19.6 Å². The number of nitrogens with one attached hydrogen (secondary N) is 1. The molecule has 0 radical (unpaired) electrons. The van der Waals surface area contributed by atoms with Crippen LogP contribution in [0.1, 0.15) is 55.5 Å². The Morgan fingerprint density at radius 2 is 1.94 bits per heavy atom. The van der Waals surface area contributed by atoms with Crippen LogP contribution in [0.2, 0.25) is 0 Å². The molecule has 33 heavy (non-hydrogen) atoms. The third-order valence-electron chi connectivity index (χ3n) is 6.46. The molecule has 1 unspecified atom stereocenters. The number of aromatic nitrogens is 1. The highest BCUT2D eigenvalue weighted by atomic mass is 15.1. The summed E-state index contributed by atoms with van der Waals surface area (Å²) in [7, 11) is 0. The van der Waals surface area contributed by atoms with Gasteiger partial charge in [0, 0.05) is 17.8 Å². The van der Waals surface area contributed by atoms with E-state index in [4.69, 9.17) is 0 Å². The van der Waals surface area contributed by atoms with Crippen molar-refractivity contribution >= 4 is 0 Å². The lowest BCUT2D eigenvalue weighted by Gasteiger charge is -2.34. The van der Waals surface area contributed by atoms with Crippen molar-refractivity contribution in [3.63, 3.8) is 0 Å². The third kappa shape index (κ3) is 7.57. The van der Waals surface area contributed by atoms with Gasteiger partial charge in [-0.15, -0.1) is 0 Å². The van der Waals surface area contributed by atoms with Crippen molar-refractivity contribution in [3.05, 3.63) is 114 Å². The summed E-state index contributed by atoms with van der Waals surface area (Å²) in [5.41, 5.74) is 6.01. The molecule has 1 aliphatic heterocycles. The molecule has 1 atom stereocenters. The number of hydrogen-bond acceptors (Lipinski definition) is 3. The van der Waals surface area contributed by atoms with Crippen molar-refractivity contribution < 1.29 is 0 Å². The van der Waals surface area contributed by atoms with Crippen LogP contribution in [0.4, 0.5) is 0 Å². The Morgan fingerprint density at radius 1 is 1.18 bits per heavy atom. The summed E-state index contributed by atoms with van der Waals surface area (Å²) in [6.07, 6.45) is 14.8. The number of rotatable bonds is 11. The molecule has 1 fully saturated rings. The van der Waals surface area contributed by atoms with Crippen LogP contribution in [0, 0.1) is 12.8 Å². The monoisotopic (exact) mass is 441 g/mol. The molecule has 3 nitrogen and oxygen atoms in total. The Kier molecular flexibility index (Phi) is 9.71. The number of pyridine rings is 1. The second-order valence-corrected chi connectivity index (χ2v) is 8.96. The van der Waals surface area contributed by atoms with E-state index in [2.05, 4.69) is 96.8 Å². The maximum Gasteiger partial charge on any atom is 0.0937 e. The number of hydrogen-bond donors (Lipinski definition) is 1. The van der Waals surface area contributed by atoms with Crippen molar-refractivity contribution in [3.8, 4) is 0 Å². The van der Waals surface area contributed by atoms with E-state index in [0.717, 1.165) is 50.3 Å². The number of nitrogens with zero attached hydrogens (tertiary/aromatic N) is 2. The molecule has 0 amide bonds. The van der Waals surface area contributed by atoms with Crippen molar-refractivity contribution in [1.82, 2.24) is 15.2 Å². The van der Waals surface area contributed by atoms with Gasteiger partial charge in [-0.3, -0.25) is 4.98 Å². The van der Waals surface area contributed by atoms with E-state index >= 15 is 0 Å². The fraction of sp³-hybridized carbons (Fsp3) is 0.367. The standard InChI is InChI=1S/C30H39N3/c1-5-10-26(11-6-2)12-9-21-33-22-18-27(19-23-33)25(4)32-30(29-13-7-8-20-31-29)28-16-14-24(3)15-17-28/h5-8,10-11,13-17,20,27,30,32H,1,4,9,12,18-19,21-23H2,2-3H3/b11-6-,26-10+. The van der Waals surface area contributed by atoms with Gasteiger partial charge in [-0.25, -0.2) is 0 Å². The lowest BCUT2D eigenvalue weighted by molar-refractivity contribution is 0.193. The van der Waals surface area contributed by atoms with Crippen molar-refractivity contribution in [2.24, 2.45) is 5.92 Å². The van der Waals surface area contributed by atoms with E-state index in [1.807, 2.05) is 18.3 Å². The lowest BCUT2D eigenvalue weighted by atomic mass is 9.92. The Morgan fingerprint density at radius 3 is 2.58 bits per heavy atom. The molecule has 1 aromatic heterocycles. The summed E-state index contributed by atoms with van der Waals surface area (Å²) >= 11 is 0. The Balaban J connectivity index is 1.54. The summed E-state index contributed by atoms with van der Waals surface area (Å²) in [5.74, 6) is 0.497. The van der Waals surface area contributed by atoms with Crippen molar-refractivity contribution in [1.29, 1.82) is 0 Å². The maximum absolute atomic E-state index is 4.63. The Bertz CT molecular complexity index is 932. The highest BCUT2D eigenvalue weighted by Crippen LogP contribution is 2.28. The van der Waals surface area contributed by atoms with Crippen LogP contribution < -0.4 is 5.32 Å². The zero-order valence-electron chi connectivity index (χ0n) is 20.3. The molecule has 0 aliphatic carbocycles. The van der Waals surface area contributed by atoms with Crippen LogP contribution in [-0.2, 0) is 0 Å². The number of likely N-dealkylation sites (tertiary alicyclic amines) is 1. The lowest BCUT2D eigenvalue weighted by Crippen LogP contribution is -2.37. The predicted molar refractivity (Wildman–Crippen MR) is 141 cm³/mol. The van der Waals surface area contributed by atoms with Gasteiger partial charge in [-0.05, 0) is 82.4 Å². The third-order valence-corrected chi connectivity index (χ3v) is 6.46. The maximum atomic E-state index is 4.63. The second kappa shape index (κ2) is 13.0. The second-order valence-electron chi connectivity index (χ2n) is 8.96. The number of benzene rings is 1. The van der Waals surface area contributed by atoms with Gasteiger partial charge in [0.1, 0.15) is 0 Å². The molecule has 3 heteroatoms. The average molecular weight is 442 g/mol. The van der Waals surface area contributed by atoms with Gasteiger partial charge < -0.3 is 10.2 Å². The van der Waals surface area contributed by atoms with E-state index in [0.29, 0.717) is 5.92 Å². The van der Waals surface area contributed by atoms with E-state index in [1.165, 1.54) is 23.1 Å². The SMILES string of the molecule is C=C/C=C(\C=C/C)CCCN1CCC(C(=C)NC(c2ccc(C)cc2)c2ccccn2)CC1. The van der Waals surface area contributed by atoms with Gasteiger partial charge in [0.15, 0.2) is 0 Å². The van der Waals surface area contributed by atoms with Crippen LogP contribution >= 0.6 is 0 Å². The van der Waals surface area contributed by atoms with Crippen LogP contribution in [0.3, 0.4) is 0 Å². The quantitative estimate of drug-likeness (QED) is 0.390. The molecule has 174 valence electrons. The number of allylic oxidation sites excluding steroid dienone is 6. The molecule has 3 rings (SSSR count). The molecule has 0 spiro atoms. The highest BCUT2D eigenvalue weighted by Gasteiger charge is 2.24. The van der Waals surface area contributed by atoms with Gasteiger partial charge in [-0.2, -0.15) is 0 Å². The van der Waals surface area contributed by atoms with Crippen LogP contribution in [0.25, 0.3) is 0 Å². The molecular weight excluding hydrogens is 402 g/mol. The molecule has 1 aromatic carbocycles. The van der Waals surface area contributed by atoms with Crippen LogP contribution in [-0.4, -0.2) is 29.5 Å². The summed E-state index contributed by atoms with van der Waals surface area (Å²) in [4.78, 5) is 7.23. The fourth-order valence-corrected chi connectivity index (χ4v) is 4.54. The summed E-state index contributed by atoms with van der Waals surface area (Å²) in [5, 5.41) is 3.74. The molecule has 0 saturated carbocycles. The predicted octanol–water partition coefficient (Wildman–Crippen LogP) is 6.76. The first-order chi connectivity index (χ1) is 16.1.